The van der Waals surface area contributed by atoms with E-state index < -0.39 is 0 Å². The fourth-order valence-corrected chi connectivity index (χ4v) is 6.48. The van der Waals surface area contributed by atoms with Gasteiger partial charge in [-0.15, -0.1) is 0 Å². The van der Waals surface area contributed by atoms with E-state index in [1.54, 1.807) is 4.90 Å². The van der Waals surface area contributed by atoms with E-state index >= 15 is 0 Å². The highest BCUT2D eigenvalue weighted by Crippen LogP contribution is 2.35. The topological polar surface area (TPSA) is 69.4 Å². The third-order valence-electron chi connectivity index (χ3n) is 8.75. The van der Waals surface area contributed by atoms with Crippen molar-refractivity contribution in [2.45, 2.75) is 37.9 Å². The third kappa shape index (κ3) is 5.44. The predicted molar refractivity (Wildman–Crippen MR) is 161 cm³/mol. The molecule has 0 aliphatic carbocycles. The van der Waals surface area contributed by atoms with Gasteiger partial charge in [0.25, 0.3) is 0 Å². The molecule has 1 unspecified atom stereocenters. The van der Waals surface area contributed by atoms with E-state index in [4.69, 9.17) is 21.3 Å². The molecule has 2 atom stereocenters. The fraction of sp³-hybridized carbons (Fsp3) is 0.438. The lowest BCUT2D eigenvalue weighted by molar-refractivity contribution is -0.128. The van der Waals surface area contributed by atoms with Crippen molar-refractivity contribution in [1.82, 2.24) is 19.8 Å². The van der Waals surface area contributed by atoms with Crippen molar-refractivity contribution in [2.24, 2.45) is 0 Å². The van der Waals surface area contributed by atoms with Crippen LogP contribution < -0.4 is 14.5 Å². The lowest BCUT2D eigenvalue weighted by Crippen LogP contribution is -2.56. The first-order valence-electron chi connectivity index (χ1n) is 14.5. The minimum absolute atomic E-state index is 0.126. The number of nitrogens with zero attached hydrogens (tertiary/aromatic N) is 7. The number of fused-ring (bicyclic) bond motifs is 2. The molecule has 0 radical (unpaired) electrons. The van der Waals surface area contributed by atoms with Crippen molar-refractivity contribution >= 4 is 28.2 Å². The van der Waals surface area contributed by atoms with Crippen molar-refractivity contribution in [3.05, 3.63) is 77.8 Å². The lowest BCUT2D eigenvalue weighted by atomic mass is 10.0. The first kappa shape index (κ1) is 27.0. The number of likely N-dealkylation sites (tertiary alicyclic amines) is 1. The molecule has 4 heterocycles. The Morgan fingerprint density at radius 1 is 1.10 bits per heavy atom. The summed E-state index contributed by atoms with van der Waals surface area (Å²) in [5.41, 5.74) is 3.32. The van der Waals surface area contributed by atoms with Gasteiger partial charge in [-0.2, -0.15) is 9.97 Å². The SMILES string of the molecule is [C-]#[N+]CC1CN(c2nc(OC[C@@H]3CCCN3C)nc3c2CCN(c2cccc4ccccc24)C3)CCN1C(=O)C=C. The van der Waals surface area contributed by atoms with E-state index in [-0.39, 0.29) is 18.5 Å². The molecule has 0 spiro atoms. The van der Waals surface area contributed by atoms with Crippen LogP contribution in [-0.2, 0) is 17.8 Å². The number of anilines is 2. The zero-order valence-electron chi connectivity index (χ0n) is 23.7. The fourth-order valence-electron chi connectivity index (χ4n) is 6.48. The van der Waals surface area contributed by atoms with Gasteiger partial charge >= 0.3 is 6.01 Å². The standard InChI is InChI=1S/C32H37N7O2/c1-4-30(40)39-18-17-38(20-25(39)19-33-2)31-27-14-16-37(29-13-7-10-23-9-5-6-12-26(23)29)21-28(27)34-32(35-31)41-22-24-11-8-15-36(24)3/h4-7,9-10,12-13,24-25H,1,8,11,14-22H2,3H3/t24-,25?/m0/s1. The first-order chi connectivity index (χ1) is 20.1. The van der Waals surface area contributed by atoms with E-state index in [1.807, 2.05) is 0 Å². The molecule has 3 aromatic rings. The van der Waals surface area contributed by atoms with Crippen molar-refractivity contribution in [3.8, 4) is 6.01 Å². The molecule has 3 aliphatic rings. The summed E-state index contributed by atoms with van der Waals surface area (Å²) in [6.07, 6.45) is 4.43. The van der Waals surface area contributed by atoms with E-state index in [0.717, 1.165) is 43.0 Å². The maximum absolute atomic E-state index is 12.5. The molecule has 3 aliphatic heterocycles. The molecule has 0 bridgehead atoms. The van der Waals surface area contributed by atoms with Crippen LogP contribution in [0.15, 0.2) is 55.1 Å². The number of benzene rings is 2. The second-order valence-corrected chi connectivity index (χ2v) is 11.2. The summed E-state index contributed by atoms with van der Waals surface area (Å²) >= 11 is 0. The number of aromatic nitrogens is 2. The molecule has 41 heavy (non-hydrogen) atoms. The molecule has 1 amide bonds. The maximum Gasteiger partial charge on any atom is 0.318 e. The summed E-state index contributed by atoms with van der Waals surface area (Å²) in [6, 6.07) is 15.5. The zero-order chi connectivity index (χ0) is 28.3. The number of rotatable bonds is 7. The van der Waals surface area contributed by atoms with Gasteiger partial charge in [-0.1, -0.05) is 43.0 Å². The smallest absolute Gasteiger partial charge is 0.318 e. The second-order valence-electron chi connectivity index (χ2n) is 11.2. The Balaban J connectivity index is 1.33. The van der Waals surface area contributed by atoms with Gasteiger partial charge < -0.3 is 29.2 Å². The van der Waals surface area contributed by atoms with Crippen molar-refractivity contribution in [1.29, 1.82) is 0 Å². The molecule has 1 aromatic heterocycles. The number of likely N-dealkylation sites (N-methyl/N-ethyl adjacent to an activating group) is 1. The van der Waals surface area contributed by atoms with Crippen molar-refractivity contribution < 1.29 is 9.53 Å². The monoisotopic (exact) mass is 551 g/mol. The van der Waals surface area contributed by atoms with E-state index in [9.17, 15) is 4.79 Å². The van der Waals surface area contributed by atoms with Crippen LogP contribution in [0.4, 0.5) is 11.5 Å². The van der Waals surface area contributed by atoms with Crippen molar-refractivity contribution in [2.75, 3.05) is 62.7 Å². The average molecular weight is 552 g/mol. The summed E-state index contributed by atoms with van der Waals surface area (Å²) in [7, 11) is 2.14. The predicted octanol–water partition coefficient (Wildman–Crippen LogP) is 3.79. The molecule has 2 fully saturated rings. The van der Waals surface area contributed by atoms with Gasteiger partial charge in [-0.3, -0.25) is 4.79 Å². The number of piperazine rings is 1. The minimum atomic E-state index is -0.218. The molecule has 0 saturated carbocycles. The zero-order valence-corrected chi connectivity index (χ0v) is 23.7. The van der Waals surface area contributed by atoms with Gasteiger partial charge in [0.2, 0.25) is 12.5 Å². The molecule has 2 aromatic carbocycles. The van der Waals surface area contributed by atoms with Crippen LogP contribution in [0.2, 0.25) is 0 Å². The normalized spacial score (nSPS) is 21.0. The Bertz CT molecular complexity index is 1480. The van der Waals surface area contributed by atoms with Gasteiger partial charge in [0.1, 0.15) is 18.5 Å². The number of hydrogen-bond donors (Lipinski definition) is 0. The van der Waals surface area contributed by atoms with E-state index in [0.29, 0.717) is 44.8 Å². The number of hydrogen-bond acceptors (Lipinski definition) is 7. The molecule has 212 valence electrons. The maximum atomic E-state index is 12.5. The number of ether oxygens (including phenoxy) is 1. The first-order valence-corrected chi connectivity index (χ1v) is 14.5. The van der Waals surface area contributed by atoms with Gasteiger partial charge in [0.15, 0.2) is 0 Å². The second kappa shape index (κ2) is 11.8. The summed E-state index contributed by atoms with van der Waals surface area (Å²) in [6.45, 7) is 16.3. The minimum Gasteiger partial charge on any atom is -0.462 e. The van der Waals surface area contributed by atoms with Crippen LogP contribution in [0, 0.1) is 6.57 Å². The molecule has 9 nitrogen and oxygen atoms in total. The summed E-state index contributed by atoms with van der Waals surface area (Å²) in [5, 5.41) is 2.46. The molecular weight excluding hydrogens is 514 g/mol. The molecule has 0 N–H and O–H groups in total. The van der Waals surface area contributed by atoms with Crippen molar-refractivity contribution in [3.63, 3.8) is 0 Å². The number of carbonyl (C=O) groups excluding carboxylic acids is 1. The molecular formula is C32H37N7O2. The average Bonchev–Trinajstić information content (AvgIpc) is 3.43. The van der Waals surface area contributed by atoms with Gasteiger partial charge in [0.05, 0.1) is 12.2 Å². The summed E-state index contributed by atoms with van der Waals surface area (Å²) in [4.78, 5) is 34.8. The molecule has 6 rings (SSSR count). The molecule has 9 heteroatoms. The number of amides is 1. The lowest BCUT2D eigenvalue weighted by Gasteiger charge is -2.41. The highest BCUT2D eigenvalue weighted by Gasteiger charge is 2.35. The Labute approximate surface area is 241 Å². The Hall–Kier alpha value is -4.16. The largest absolute Gasteiger partial charge is 0.462 e. The highest BCUT2D eigenvalue weighted by molar-refractivity contribution is 5.94. The van der Waals surface area contributed by atoms with Gasteiger partial charge in [-0.05, 0) is 50.4 Å². The quantitative estimate of drug-likeness (QED) is 0.327. The van der Waals surface area contributed by atoms with Gasteiger partial charge in [0, 0.05) is 48.9 Å². The summed E-state index contributed by atoms with van der Waals surface area (Å²) < 4.78 is 6.28. The van der Waals surface area contributed by atoms with Crippen LogP contribution in [0.1, 0.15) is 24.1 Å². The summed E-state index contributed by atoms with van der Waals surface area (Å²) in [5.74, 6) is 0.751. The molecule has 2 saturated heterocycles. The van der Waals surface area contributed by atoms with Crippen LogP contribution in [-0.4, -0.2) is 90.7 Å². The highest BCUT2D eigenvalue weighted by atomic mass is 16.5. The third-order valence-corrected chi connectivity index (χ3v) is 8.75. The van der Waals surface area contributed by atoms with E-state index in [1.165, 1.54) is 29.0 Å². The Morgan fingerprint density at radius 3 is 2.76 bits per heavy atom. The number of carbonyl (C=O) groups is 1. The van der Waals surface area contributed by atoms with E-state index in [2.05, 4.69) is 75.6 Å². The van der Waals surface area contributed by atoms with Crippen LogP contribution >= 0.6 is 0 Å². The Kier molecular flexibility index (Phi) is 7.75. The van der Waals surface area contributed by atoms with Crippen LogP contribution in [0.3, 0.4) is 0 Å². The Morgan fingerprint density at radius 2 is 1.95 bits per heavy atom. The van der Waals surface area contributed by atoms with Crippen LogP contribution in [0.25, 0.3) is 15.6 Å². The van der Waals surface area contributed by atoms with Crippen LogP contribution in [0.5, 0.6) is 6.01 Å². The van der Waals surface area contributed by atoms with Gasteiger partial charge in [-0.25, -0.2) is 6.57 Å².